The van der Waals surface area contributed by atoms with Crippen LogP contribution in [-0.4, -0.2) is 34.8 Å². The Balaban J connectivity index is 1.39. The first-order valence-corrected chi connectivity index (χ1v) is 11.0. The molecule has 3 nitrogen and oxygen atoms in total. The van der Waals surface area contributed by atoms with Crippen LogP contribution in [0.4, 0.5) is 0 Å². The number of hydrogen-bond donors (Lipinski definition) is 1. The molecule has 1 aromatic rings. The Morgan fingerprint density at radius 1 is 1.15 bits per heavy atom. The second-order valence-electron chi connectivity index (χ2n) is 7.42. The van der Waals surface area contributed by atoms with Crippen LogP contribution in [-0.2, 0) is 16.0 Å². The number of carboxylic acids is 1. The van der Waals surface area contributed by atoms with E-state index < -0.39 is 5.97 Å². The van der Waals surface area contributed by atoms with Crippen molar-refractivity contribution < 1.29 is 14.6 Å². The van der Waals surface area contributed by atoms with Crippen molar-refractivity contribution in [1.82, 2.24) is 0 Å². The van der Waals surface area contributed by atoms with E-state index in [4.69, 9.17) is 9.84 Å². The molecule has 2 aliphatic heterocycles. The summed E-state index contributed by atoms with van der Waals surface area (Å²) < 4.78 is 6.20. The van der Waals surface area contributed by atoms with E-state index in [1.807, 2.05) is 0 Å². The minimum absolute atomic E-state index is 0.266. The van der Waals surface area contributed by atoms with Gasteiger partial charge in [0, 0.05) is 6.42 Å². The Bertz CT molecular complexity index is 586. The normalized spacial score (nSPS) is 27.4. The second-order valence-corrected chi connectivity index (χ2v) is 8.57. The summed E-state index contributed by atoms with van der Waals surface area (Å²) in [4.78, 5) is 10.5. The summed E-state index contributed by atoms with van der Waals surface area (Å²) in [5, 5.41) is 8.68. The summed E-state index contributed by atoms with van der Waals surface area (Å²) in [5.41, 5.74) is 1.42. The lowest BCUT2D eigenvalue weighted by Crippen LogP contribution is -2.28. The fraction of sp³-hybridized carbons (Fsp3) is 0.591. The van der Waals surface area contributed by atoms with Gasteiger partial charge in [-0.15, -0.1) is 0 Å². The van der Waals surface area contributed by atoms with Gasteiger partial charge < -0.3 is 9.84 Å². The Kier molecular flexibility index (Phi) is 7.63. The molecule has 2 aliphatic rings. The lowest BCUT2D eigenvalue weighted by atomic mass is 9.78. The van der Waals surface area contributed by atoms with Crippen molar-refractivity contribution in [2.75, 3.05) is 11.5 Å². The summed E-state index contributed by atoms with van der Waals surface area (Å²) in [6.07, 6.45) is 11.9. The smallest absolute Gasteiger partial charge is 0.303 e. The van der Waals surface area contributed by atoms with Crippen LogP contribution in [0.15, 0.2) is 42.5 Å². The summed E-state index contributed by atoms with van der Waals surface area (Å²) in [5.74, 6) is 3.00. The molecule has 0 saturated carbocycles. The Hall–Kier alpha value is -1.26. The average molecular weight is 375 g/mol. The fourth-order valence-electron chi connectivity index (χ4n) is 4.22. The molecule has 2 fully saturated rings. The van der Waals surface area contributed by atoms with Crippen molar-refractivity contribution in [2.45, 2.75) is 57.2 Å². The number of hydrogen-bond acceptors (Lipinski definition) is 3. The highest BCUT2D eigenvalue weighted by Gasteiger charge is 2.47. The molecular formula is C22H30O3S. The van der Waals surface area contributed by atoms with Crippen molar-refractivity contribution in [3.8, 4) is 0 Å². The van der Waals surface area contributed by atoms with Crippen LogP contribution in [0.1, 0.15) is 44.1 Å². The molecule has 1 aromatic carbocycles. The molecule has 2 bridgehead atoms. The van der Waals surface area contributed by atoms with Gasteiger partial charge in [-0.3, -0.25) is 4.79 Å². The van der Waals surface area contributed by atoms with E-state index in [1.165, 1.54) is 29.9 Å². The minimum Gasteiger partial charge on any atom is -0.481 e. The number of aliphatic carboxylic acids is 1. The third-order valence-electron chi connectivity index (χ3n) is 5.61. The second kappa shape index (κ2) is 10.2. The van der Waals surface area contributed by atoms with E-state index in [0.717, 1.165) is 25.7 Å². The van der Waals surface area contributed by atoms with E-state index in [1.54, 1.807) is 0 Å². The van der Waals surface area contributed by atoms with Crippen LogP contribution in [0.5, 0.6) is 0 Å². The first kappa shape index (κ1) is 19.5. The summed E-state index contributed by atoms with van der Waals surface area (Å²) in [6, 6.07) is 10.7. The van der Waals surface area contributed by atoms with Gasteiger partial charge in [0.2, 0.25) is 0 Å². The highest BCUT2D eigenvalue weighted by Crippen LogP contribution is 2.46. The summed E-state index contributed by atoms with van der Waals surface area (Å²) >= 11 is 2.07. The van der Waals surface area contributed by atoms with Gasteiger partial charge in [-0.25, -0.2) is 0 Å². The number of aryl methyl sites for hydroxylation is 1. The van der Waals surface area contributed by atoms with E-state index in [9.17, 15) is 4.79 Å². The van der Waals surface area contributed by atoms with Crippen molar-refractivity contribution >= 4 is 17.7 Å². The molecule has 26 heavy (non-hydrogen) atoms. The first-order valence-electron chi connectivity index (χ1n) is 9.88. The molecule has 0 aromatic heterocycles. The van der Waals surface area contributed by atoms with Gasteiger partial charge in [-0.2, -0.15) is 11.8 Å². The zero-order valence-corrected chi connectivity index (χ0v) is 16.2. The Morgan fingerprint density at radius 2 is 1.92 bits per heavy atom. The van der Waals surface area contributed by atoms with Crippen LogP contribution in [0.3, 0.4) is 0 Å². The third-order valence-corrected chi connectivity index (χ3v) is 6.73. The van der Waals surface area contributed by atoms with Gasteiger partial charge >= 0.3 is 5.97 Å². The van der Waals surface area contributed by atoms with Gasteiger partial charge in [-0.1, -0.05) is 42.5 Å². The van der Waals surface area contributed by atoms with Crippen LogP contribution < -0.4 is 0 Å². The molecule has 142 valence electrons. The van der Waals surface area contributed by atoms with Crippen molar-refractivity contribution in [1.29, 1.82) is 0 Å². The quantitative estimate of drug-likeness (QED) is 0.439. The number of benzene rings is 1. The average Bonchev–Trinajstić information content (AvgIpc) is 3.24. The molecule has 0 amide bonds. The topological polar surface area (TPSA) is 46.5 Å². The van der Waals surface area contributed by atoms with Gasteiger partial charge in [0.25, 0.3) is 0 Å². The molecular weight excluding hydrogens is 344 g/mol. The van der Waals surface area contributed by atoms with Crippen molar-refractivity contribution in [2.24, 2.45) is 11.8 Å². The van der Waals surface area contributed by atoms with E-state index in [-0.39, 0.29) is 6.42 Å². The van der Waals surface area contributed by atoms with Crippen LogP contribution in [0.2, 0.25) is 0 Å². The molecule has 4 heteroatoms. The summed E-state index contributed by atoms with van der Waals surface area (Å²) in [6.45, 7) is 0. The van der Waals surface area contributed by atoms with Gasteiger partial charge in [-0.05, 0) is 67.4 Å². The maximum absolute atomic E-state index is 10.5. The lowest BCUT2D eigenvalue weighted by Gasteiger charge is -2.27. The summed E-state index contributed by atoms with van der Waals surface area (Å²) in [7, 11) is 0. The van der Waals surface area contributed by atoms with Gasteiger partial charge in [0.05, 0.1) is 12.2 Å². The van der Waals surface area contributed by atoms with E-state index in [2.05, 4.69) is 54.2 Å². The lowest BCUT2D eigenvalue weighted by molar-refractivity contribution is -0.137. The Labute approximate surface area is 161 Å². The van der Waals surface area contributed by atoms with E-state index >= 15 is 0 Å². The minimum atomic E-state index is -0.701. The highest BCUT2D eigenvalue weighted by molar-refractivity contribution is 7.99. The molecule has 2 heterocycles. The molecule has 0 unspecified atom stereocenters. The maximum atomic E-state index is 10.5. The fourth-order valence-corrected chi connectivity index (χ4v) is 5.51. The molecule has 4 atom stereocenters. The SMILES string of the molecule is O=C(O)CCC/C=C\C[C@@H]1[C@H](CSCCc2ccccc2)[C@@H]2CC[C@H]1O2. The molecule has 1 N–H and O–H groups in total. The molecule has 3 rings (SSSR count). The van der Waals surface area contributed by atoms with Crippen LogP contribution in [0, 0.1) is 11.8 Å². The zero-order chi connectivity index (χ0) is 18.2. The predicted molar refractivity (Wildman–Crippen MR) is 108 cm³/mol. The van der Waals surface area contributed by atoms with Crippen molar-refractivity contribution in [3.63, 3.8) is 0 Å². The standard InChI is InChI=1S/C22H30O3S/c23-22(24)11-7-2-1-6-10-18-19(21-13-12-20(18)25-21)16-26-15-14-17-8-4-3-5-9-17/h1,3-6,8-9,18-21H,2,7,10-16H2,(H,23,24)/b6-1-/t18-,19+,20-,21+/m1/s1. The first-order chi connectivity index (χ1) is 12.7. The number of carbonyl (C=O) groups is 1. The Morgan fingerprint density at radius 3 is 2.69 bits per heavy atom. The number of carboxylic acid groups (broad SMARTS) is 1. The van der Waals surface area contributed by atoms with Gasteiger partial charge in [0.1, 0.15) is 0 Å². The van der Waals surface area contributed by atoms with Gasteiger partial charge in [0.15, 0.2) is 0 Å². The number of unbranched alkanes of at least 4 members (excludes halogenated alkanes) is 1. The molecule has 0 aliphatic carbocycles. The number of fused-ring (bicyclic) bond motifs is 2. The van der Waals surface area contributed by atoms with Crippen LogP contribution >= 0.6 is 11.8 Å². The predicted octanol–water partition coefficient (Wildman–Crippen LogP) is 4.96. The highest BCUT2D eigenvalue weighted by atomic mass is 32.2. The monoisotopic (exact) mass is 374 g/mol. The zero-order valence-electron chi connectivity index (χ0n) is 15.4. The number of ether oxygens (including phenoxy) is 1. The largest absolute Gasteiger partial charge is 0.481 e. The number of thioether (sulfide) groups is 1. The number of rotatable bonds is 11. The molecule has 0 radical (unpaired) electrons. The third kappa shape index (κ3) is 5.62. The maximum Gasteiger partial charge on any atom is 0.303 e. The molecule has 2 saturated heterocycles. The molecule has 0 spiro atoms. The van der Waals surface area contributed by atoms with Crippen LogP contribution in [0.25, 0.3) is 0 Å². The van der Waals surface area contributed by atoms with E-state index in [0.29, 0.717) is 24.0 Å². The number of allylic oxidation sites excluding steroid dienone is 2. The van der Waals surface area contributed by atoms with Crippen molar-refractivity contribution in [3.05, 3.63) is 48.0 Å².